The Labute approximate surface area is 176 Å². The molecule has 2 aromatic heterocycles. The Balaban J connectivity index is 1.50. The second-order valence-corrected chi connectivity index (χ2v) is 9.29. The number of fused-ring (bicyclic) bond motifs is 2. The van der Waals surface area contributed by atoms with Crippen molar-refractivity contribution < 1.29 is 4.79 Å². The lowest BCUT2D eigenvalue weighted by atomic mass is 10.1. The molecule has 0 spiro atoms. The second-order valence-electron chi connectivity index (χ2n) is 6.83. The van der Waals surface area contributed by atoms with Crippen LogP contribution in [0, 0.1) is 0 Å². The average Bonchev–Trinajstić information content (AvgIpc) is 3.32. The molecule has 0 bridgehead atoms. The lowest BCUT2D eigenvalue weighted by Crippen LogP contribution is -2.30. The maximum Gasteiger partial charge on any atom is 0.258 e. The number of aromatic nitrogens is 1. The Morgan fingerprint density at radius 1 is 0.893 bits per heavy atom. The van der Waals surface area contributed by atoms with Crippen LogP contribution in [0.1, 0.15) is 21.6 Å². The van der Waals surface area contributed by atoms with Gasteiger partial charge in [0.05, 0.1) is 10.3 Å². The van der Waals surface area contributed by atoms with Crippen molar-refractivity contribution in [3.63, 3.8) is 0 Å². The van der Waals surface area contributed by atoms with Crippen molar-refractivity contribution >= 4 is 38.9 Å². The fourth-order valence-corrected chi connectivity index (χ4v) is 5.06. The van der Waals surface area contributed by atoms with Gasteiger partial charge in [-0.25, -0.2) is 0 Å². The summed E-state index contributed by atoms with van der Waals surface area (Å²) in [4.78, 5) is 16.5. The third-order valence-electron chi connectivity index (χ3n) is 5.10. The minimum atomic E-state index is 0.0287. The van der Waals surface area contributed by atoms with E-state index in [1.54, 1.807) is 11.3 Å². The highest BCUT2D eigenvalue weighted by molar-refractivity contribution is 9.11. The normalized spacial score (nSPS) is 13.0. The molecular formula is C23H17BrN2OS. The van der Waals surface area contributed by atoms with Crippen molar-refractivity contribution in [1.82, 2.24) is 4.57 Å². The molecule has 0 N–H and O–H groups in total. The van der Waals surface area contributed by atoms with Gasteiger partial charge in [0.15, 0.2) is 0 Å². The Morgan fingerprint density at radius 2 is 1.71 bits per heavy atom. The summed E-state index contributed by atoms with van der Waals surface area (Å²) in [5.41, 5.74) is 5.12. The first-order chi connectivity index (χ1) is 13.7. The molecule has 0 radical (unpaired) electrons. The molecule has 0 atom stereocenters. The molecule has 2 aromatic carbocycles. The number of hydrogen-bond donors (Lipinski definition) is 0. The van der Waals surface area contributed by atoms with Crippen LogP contribution in [0.25, 0.3) is 10.4 Å². The van der Waals surface area contributed by atoms with E-state index in [0.717, 1.165) is 32.8 Å². The molecule has 0 saturated carbocycles. The predicted octanol–water partition coefficient (Wildman–Crippen LogP) is 6.19. The number of amides is 1. The molecule has 1 amide bonds. The zero-order chi connectivity index (χ0) is 19.1. The number of halogens is 1. The molecule has 28 heavy (non-hydrogen) atoms. The van der Waals surface area contributed by atoms with Gasteiger partial charge in [0.1, 0.15) is 0 Å². The van der Waals surface area contributed by atoms with E-state index >= 15 is 0 Å². The third kappa shape index (κ3) is 3.11. The smallest absolute Gasteiger partial charge is 0.258 e. The van der Waals surface area contributed by atoms with E-state index in [1.807, 2.05) is 59.5 Å². The Morgan fingerprint density at radius 3 is 2.50 bits per heavy atom. The second kappa shape index (κ2) is 7.08. The van der Waals surface area contributed by atoms with Gasteiger partial charge in [-0.3, -0.25) is 4.79 Å². The first-order valence-corrected chi connectivity index (χ1v) is 10.7. The molecule has 5 heteroatoms. The maximum absolute atomic E-state index is 13.4. The Hall–Kier alpha value is -2.63. The van der Waals surface area contributed by atoms with E-state index in [0.29, 0.717) is 12.1 Å². The summed E-state index contributed by atoms with van der Waals surface area (Å²) in [6.45, 7) is 1.36. The molecule has 138 valence electrons. The van der Waals surface area contributed by atoms with Gasteiger partial charge in [0, 0.05) is 34.6 Å². The van der Waals surface area contributed by atoms with Crippen molar-refractivity contribution in [1.29, 1.82) is 0 Å². The van der Waals surface area contributed by atoms with Crippen molar-refractivity contribution in [3.05, 3.63) is 99.6 Å². The summed E-state index contributed by atoms with van der Waals surface area (Å²) in [7, 11) is 0. The van der Waals surface area contributed by atoms with Crippen LogP contribution < -0.4 is 4.90 Å². The molecule has 3 nitrogen and oxygen atoms in total. The molecular weight excluding hydrogens is 432 g/mol. The number of rotatable bonds is 2. The highest BCUT2D eigenvalue weighted by atomic mass is 79.9. The van der Waals surface area contributed by atoms with E-state index in [9.17, 15) is 4.79 Å². The summed E-state index contributed by atoms with van der Waals surface area (Å²) in [6, 6.07) is 24.3. The number of nitrogens with zero attached hydrogens (tertiary/aromatic N) is 2. The lowest BCUT2D eigenvalue weighted by molar-refractivity contribution is 0.0985. The summed E-state index contributed by atoms with van der Waals surface area (Å²) >= 11 is 5.20. The van der Waals surface area contributed by atoms with E-state index < -0.39 is 0 Å². The van der Waals surface area contributed by atoms with E-state index in [-0.39, 0.29) is 5.91 Å². The van der Waals surface area contributed by atoms with Crippen LogP contribution in [0.15, 0.2) is 82.8 Å². The fraction of sp³-hybridized carbons (Fsp3) is 0.0870. The van der Waals surface area contributed by atoms with Gasteiger partial charge in [0.25, 0.3) is 5.91 Å². The minimum Gasteiger partial charge on any atom is -0.345 e. The predicted molar refractivity (Wildman–Crippen MR) is 118 cm³/mol. The monoisotopic (exact) mass is 448 g/mol. The van der Waals surface area contributed by atoms with Crippen LogP contribution >= 0.6 is 27.3 Å². The molecule has 5 rings (SSSR count). The van der Waals surface area contributed by atoms with Gasteiger partial charge >= 0.3 is 0 Å². The first-order valence-electron chi connectivity index (χ1n) is 9.08. The summed E-state index contributed by atoms with van der Waals surface area (Å²) in [5.74, 6) is 0.0287. The molecule has 0 unspecified atom stereocenters. The third-order valence-corrected chi connectivity index (χ3v) is 6.77. The lowest BCUT2D eigenvalue weighted by Gasteiger charge is -2.23. The van der Waals surface area contributed by atoms with E-state index in [2.05, 4.69) is 44.9 Å². The molecule has 0 fully saturated rings. The standard InChI is InChI=1S/C23H17BrN2OS/c24-22-12-11-21(28-22)16-7-9-17(10-8-16)23(27)26-15-19-5-3-13-25(19)14-18-4-1-2-6-20(18)26/h1-13H,14-15H2. The van der Waals surface area contributed by atoms with E-state index in [1.165, 1.54) is 4.88 Å². The van der Waals surface area contributed by atoms with Gasteiger partial charge in [-0.15, -0.1) is 11.3 Å². The van der Waals surface area contributed by atoms with Gasteiger partial charge in [-0.1, -0.05) is 30.3 Å². The van der Waals surface area contributed by atoms with Crippen molar-refractivity contribution in [2.75, 3.05) is 4.90 Å². The van der Waals surface area contributed by atoms with Crippen molar-refractivity contribution in [3.8, 4) is 10.4 Å². The largest absolute Gasteiger partial charge is 0.345 e. The van der Waals surface area contributed by atoms with Crippen LogP contribution in [0.2, 0.25) is 0 Å². The minimum absolute atomic E-state index is 0.0287. The molecule has 1 aliphatic heterocycles. The molecule has 4 aromatic rings. The summed E-state index contributed by atoms with van der Waals surface area (Å²) in [5, 5.41) is 0. The number of anilines is 1. The van der Waals surface area contributed by atoms with Crippen LogP contribution in [-0.4, -0.2) is 10.5 Å². The van der Waals surface area contributed by atoms with E-state index in [4.69, 9.17) is 0 Å². The Kier molecular flexibility index (Phi) is 4.41. The highest BCUT2D eigenvalue weighted by Gasteiger charge is 2.24. The fourth-order valence-electron chi connectivity index (χ4n) is 3.67. The number of carbonyl (C=O) groups excluding carboxylic acids is 1. The van der Waals surface area contributed by atoms with Crippen LogP contribution in [0.5, 0.6) is 0 Å². The molecule has 0 saturated heterocycles. The van der Waals surface area contributed by atoms with Crippen molar-refractivity contribution in [2.24, 2.45) is 0 Å². The van der Waals surface area contributed by atoms with Crippen molar-refractivity contribution in [2.45, 2.75) is 13.1 Å². The van der Waals surface area contributed by atoms with Gasteiger partial charge in [-0.2, -0.15) is 0 Å². The Bertz CT molecular complexity index is 1160. The number of carbonyl (C=O) groups is 1. The van der Waals surface area contributed by atoms with Gasteiger partial charge < -0.3 is 9.47 Å². The summed E-state index contributed by atoms with van der Waals surface area (Å²) < 4.78 is 3.32. The highest BCUT2D eigenvalue weighted by Crippen LogP contribution is 2.32. The van der Waals surface area contributed by atoms with Crippen LogP contribution in [0.4, 0.5) is 5.69 Å². The maximum atomic E-state index is 13.4. The topological polar surface area (TPSA) is 25.2 Å². The molecule has 3 heterocycles. The number of para-hydroxylation sites is 1. The summed E-state index contributed by atoms with van der Waals surface area (Å²) in [6.07, 6.45) is 2.08. The molecule has 1 aliphatic rings. The zero-order valence-corrected chi connectivity index (χ0v) is 17.4. The van der Waals surface area contributed by atoms with Gasteiger partial charge in [0.2, 0.25) is 0 Å². The van der Waals surface area contributed by atoms with Crippen LogP contribution in [0.3, 0.4) is 0 Å². The first kappa shape index (κ1) is 17.5. The van der Waals surface area contributed by atoms with Crippen LogP contribution in [-0.2, 0) is 13.1 Å². The average molecular weight is 449 g/mol. The SMILES string of the molecule is O=C(c1ccc(-c2ccc(Br)s2)cc1)N1Cc2cccn2Cc2ccccc21. The quantitative estimate of drug-likeness (QED) is 0.358. The number of hydrogen-bond acceptors (Lipinski definition) is 2. The zero-order valence-electron chi connectivity index (χ0n) is 15.0. The number of thiophene rings is 1. The van der Waals surface area contributed by atoms with Gasteiger partial charge in [-0.05, 0) is 69.5 Å². The number of benzene rings is 2. The molecule has 0 aliphatic carbocycles.